The predicted molar refractivity (Wildman–Crippen MR) is 59.6 cm³/mol. The predicted octanol–water partition coefficient (Wildman–Crippen LogP) is 2.26. The van der Waals surface area contributed by atoms with E-state index in [4.69, 9.17) is 5.11 Å². The van der Waals surface area contributed by atoms with Crippen LogP contribution in [0.4, 0.5) is 0 Å². The van der Waals surface area contributed by atoms with Gasteiger partial charge in [0.2, 0.25) is 0 Å². The summed E-state index contributed by atoms with van der Waals surface area (Å²) >= 11 is 3.79. The molecule has 1 heterocycles. The van der Waals surface area contributed by atoms with Gasteiger partial charge in [-0.3, -0.25) is 0 Å². The maximum absolute atomic E-state index is 10.6. The molecule has 0 bridgehead atoms. The number of carbonyl (C=O) groups is 1. The van der Waals surface area contributed by atoms with Gasteiger partial charge in [0.15, 0.2) is 0 Å². The smallest absolute Gasteiger partial charge is 0.330 e. The van der Waals surface area contributed by atoms with Crippen LogP contribution in [0.25, 0.3) is 0 Å². The van der Waals surface area contributed by atoms with Crippen LogP contribution in [-0.2, 0) is 4.79 Å². The van der Waals surface area contributed by atoms with E-state index in [1.54, 1.807) is 6.92 Å². The zero-order valence-electron chi connectivity index (χ0n) is 7.66. The van der Waals surface area contributed by atoms with Crippen molar-refractivity contribution in [2.45, 2.75) is 18.6 Å². The molecular formula is C9H14O2S2. The van der Waals surface area contributed by atoms with Gasteiger partial charge in [-0.2, -0.15) is 23.5 Å². The lowest BCUT2D eigenvalue weighted by Gasteiger charge is -2.07. The quantitative estimate of drug-likeness (QED) is 0.721. The topological polar surface area (TPSA) is 37.3 Å². The van der Waals surface area contributed by atoms with Crippen molar-refractivity contribution in [3.63, 3.8) is 0 Å². The number of thioether (sulfide) groups is 2. The Morgan fingerprint density at radius 3 is 3.00 bits per heavy atom. The first-order valence-electron chi connectivity index (χ1n) is 4.31. The highest BCUT2D eigenvalue weighted by atomic mass is 32.2. The average Bonchev–Trinajstić information content (AvgIpc) is 2.32. The minimum absolute atomic E-state index is 0.392. The van der Waals surface area contributed by atoms with Gasteiger partial charge in [-0.15, -0.1) is 0 Å². The molecule has 1 aliphatic rings. The molecule has 1 atom stereocenters. The van der Waals surface area contributed by atoms with E-state index in [9.17, 15) is 4.79 Å². The third-order valence-corrected chi connectivity index (χ3v) is 4.46. The minimum atomic E-state index is -0.796. The molecule has 13 heavy (non-hydrogen) atoms. The Hall–Kier alpha value is -0.0900. The number of rotatable bonds is 2. The lowest BCUT2D eigenvalue weighted by molar-refractivity contribution is -0.132. The average molecular weight is 218 g/mol. The lowest BCUT2D eigenvalue weighted by atomic mass is 10.2. The van der Waals surface area contributed by atoms with E-state index in [1.807, 2.05) is 29.6 Å². The SMILES string of the molecule is CC(=CC1CSCCCS1)C(=O)O. The lowest BCUT2D eigenvalue weighted by Crippen LogP contribution is -2.06. The molecule has 0 radical (unpaired) electrons. The summed E-state index contributed by atoms with van der Waals surface area (Å²) in [5.74, 6) is 2.62. The molecule has 1 rings (SSSR count). The first-order valence-corrected chi connectivity index (χ1v) is 6.51. The molecule has 2 nitrogen and oxygen atoms in total. The van der Waals surface area contributed by atoms with Gasteiger partial charge in [0.05, 0.1) is 0 Å². The van der Waals surface area contributed by atoms with Crippen LogP contribution >= 0.6 is 23.5 Å². The number of hydrogen-bond acceptors (Lipinski definition) is 3. The monoisotopic (exact) mass is 218 g/mol. The van der Waals surface area contributed by atoms with E-state index >= 15 is 0 Å². The summed E-state index contributed by atoms with van der Waals surface area (Å²) in [7, 11) is 0. The Morgan fingerprint density at radius 2 is 2.31 bits per heavy atom. The molecule has 0 spiro atoms. The molecule has 1 fully saturated rings. The van der Waals surface area contributed by atoms with Crippen molar-refractivity contribution in [2.75, 3.05) is 17.3 Å². The van der Waals surface area contributed by atoms with Crippen LogP contribution in [0.15, 0.2) is 11.6 Å². The standard InChI is InChI=1S/C9H14O2S2/c1-7(9(10)11)5-8-6-12-3-2-4-13-8/h5,8H,2-4,6H2,1H3,(H,10,11). The molecule has 1 N–H and O–H groups in total. The second-order valence-electron chi connectivity index (χ2n) is 2.99. The summed E-state index contributed by atoms with van der Waals surface area (Å²) in [4.78, 5) is 10.6. The first-order chi connectivity index (χ1) is 6.20. The van der Waals surface area contributed by atoms with E-state index in [2.05, 4.69) is 0 Å². The van der Waals surface area contributed by atoms with Crippen molar-refractivity contribution in [3.8, 4) is 0 Å². The van der Waals surface area contributed by atoms with Gasteiger partial charge in [0.1, 0.15) is 0 Å². The second kappa shape index (κ2) is 5.60. The van der Waals surface area contributed by atoms with Gasteiger partial charge in [0.25, 0.3) is 0 Å². The van der Waals surface area contributed by atoms with E-state index < -0.39 is 5.97 Å². The zero-order valence-corrected chi connectivity index (χ0v) is 9.29. The van der Waals surface area contributed by atoms with Gasteiger partial charge < -0.3 is 5.11 Å². The largest absolute Gasteiger partial charge is 0.478 e. The Labute approximate surface area is 87.2 Å². The van der Waals surface area contributed by atoms with Crippen molar-refractivity contribution in [3.05, 3.63) is 11.6 Å². The molecule has 0 saturated carbocycles. The van der Waals surface area contributed by atoms with Gasteiger partial charge in [-0.1, -0.05) is 6.08 Å². The molecule has 1 aliphatic heterocycles. The second-order valence-corrected chi connectivity index (χ2v) is 5.49. The molecule has 1 saturated heterocycles. The van der Waals surface area contributed by atoms with Crippen LogP contribution in [0, 0.1) is 0 Å². The highest BCUT2D eigenvalue weighted by Crippen LogP contribution is 2.24. The summed E-state index contributed by atoms with van der Waals surface area (Å²) in [6.45, 7) is 1.67. The maximum Gasteiger partial charge on any atom is 0.330 e. The third kappa shape index (κ3) is 4.09. The summed E-state index contributed by atoms with van der Waals surface area (Å²) in [6, 6.07) is 0. The van der Waals surface area contributed by atoms with Gasteiger partial charge >= 0.3 is 5.97 Å². The summed E-state index contributed by atoms with van der Waals surface area (Å²) in [5, 5.41) is 9.09. The fraction of sp³-hybridized carbons (Fsp3) is 0.667. The van der Waals surface area contributed by atoms with Crippen molar-refractivity contribution < 1.29 is 9.90 Å². The molecule has 0 aromatic carbocycles. The van der Waals surface area contributed by atoms with Crippen LogP contribution in [-0.4, -0.2) is 33.6 Å². The Kier molecular flexibility index (Phi) is 4.73. The van der Waals surface area contributed by atoms with Gasteiger partial charge in [-0.25, -0.2) is 4.79 Å². The number of hydrogen-bond donors (Lipinski definition) is 1. The van der Waals surface area contributed by atoms with Crippen molar-refractivity contribution >= 4 is 29.5 Å². The van der Waals surface area contributed by atoms with Crippen LogP contribution in [0.2, 0.25) is 0 Å². The maximum atomic E-state index is 10.6. The molecule has 0 aromatic heterocycles. The third-order valence-electron chi connectivity index (χ3n) is 1.82. The fourth-order valence-corrected chi connectivity index (χ4v) is 3.70. The van der Waals surface area contributed by atoms with Crippen LogP contribution in [0.1, 0.15) is 13.3 Å². The number of carboxylic acid groups (broad SMARTS) is 1. The summed E-state index contributed by atoms with van der Waals surface area (Å²) in [6.07, 6.45) is 3.12. The Morgan fingerprint density at radius 1 is 1.54 bits per heavy atom. The van der Waals surface area contributed by atoms with Gasteiger partial charge in [-0.05, 0) is 24.9 Å². The Balaban J connectivity index is 2.50. The van der Waals surface area contributed by atoms with E-state index in [0.717, 1.165) is 11.5 Å². The molecule has 0 amide bonds. The van der Waals surface area contributed by atoms with Crippen molar-refractivity contribution in [2.24, 2.45) is 0 Å². The molecule has 1 unspecified atom stereocenters. The first kappa shape index (κ1) is 11.0. The highest BCUT2D eigenvalue weighted by Gasteiger charge is 2.12. The van der Waals surface area contributed by atoms with Crippen LogP contribution in [0.3, 0.4) is 0 Å². The van der Waals surface area contributed by atoms with Crippen LogP contribution < -0.4 is 0 Å². The van der Waals surface area contributed by atoms with E-state index in [-0.39, 0.29) is 0 Å². The van der Waals surface area contributed by atoms with Gasteiger partial charge in [0, 0.05) is 16.6 Å². The molecular weight excluding hydrogens is 204 g/mol. The number of aliphatic carboxylic acids is 1. The molecule has 74 valence electrons. The number of carboxylic acids is 1. The Bertz CT molecular complexity index is 206. The highest BCUT2D eigenvalue weighted by molar-refractivity contribution is 8.04. The minimum Gasteiger partial charge on any atom is -0.478 e. The summed E-state index contributed by atoms with van der Waals surface area (Å²) < 4.78 is 0. The fourth-order valence-electron chi connectivity index (χ4n) is 1.09. The van der Waals surface area contributed by atoms with Crippen molar-refractivity contribution in [1.82, 2.24) is 0 Å². The normalized spacial score (nSPS) is 25.3. The molecule has 0 aromatic rings. The van der Waals surface area contributed by atoms with E-state index in [0.29, 0.717) is 10.8 Å². The summed E-state index contributed by atoms with van der Waals surface area (Å²) in [5.41, 5.74) is 0.472. The van der Waals surface area contributed by atoms with Crippen molar-refractivity contribution in [1.29, 1.82) is 0 Å². The zero-order chi connectivity index (χ0) is 9.68. The molecule has 4 heteroatoms. The van der Waals surface area contributed by atoms with Crippen LogP contribution in [0.5, 0.6) is 0 Å². The van der Waals surface area contributed by atoms with E-state index in [1.165, 1.54) is 12.2 Å². The molecule has 0 aliphatic carbocycles.